The van der Waals surface area contributed by atoms with Gasteiger partial charge in [0.1, 0.15) is 17.5 Å². The molecule has 0 spiro atoms. The molecule has 0 saturated carbocycles. The van der Waals surface area contributed by atoms with Gasteiger partial charge >= 0.3 is 0 Å². The van der Waals surface area contributed by atoms with Crippen LogP contribution in [0.2, 0.25) is 0 Å². The van der Waals surface area contributed by atoms with E-state index in [9.17, 15) is 13.6 Å². The minimum absolute atomic E-state index is 0.181. The number of anilines is 1. The van der Waals surface area contributed by atoms with E-state index in [1.807, 2.05) is 41.8 Å². The molecule has 28 heavy (non-hydrogen) atoms. The van der Waals surface area contributed by atoms with Gasteiger partial charge in [0, 0.05) is 19.0 Å². The fourth-order valence-corrected chi connectivity index (χ4v) is 3.60. The maximum absolute atomic E-state index is 13.7. The van der Waals surface area contributed by atoms with E-state index in [2.05, 4.69) is 15.5 Å². The Balaban J connectivity index is 1.70. The molecule has 2 aromatic carbocycles. The number of thioether (sulfide) groups is 1. The number of hydrogen-bond donors (Lipinski definition) is 1. The molecule has 5 nitrogen and oxygen atoms in total. The van der Waals surface area contributed by atoms with E-state index in [1.54, 1.807) is 6.92 Å². The molecule has 0 aliphatic carbocycles. The summed E-state index contributed by atoms with van der Waals surface area (Å²) in [6.07, 6.45) is 0.636. The van der Waals surface area contributed by atoms with Gasteiger partial charge in [0.05, 0.1) is 10.9 Å². The number of carbonyl (C=O) groups excluding carboxylic acids is 1. The number of halogens is 2. The molecule has 0 fully saturated rings. The van der Waals surface area contributed by atoms with Crippen LogP contribution in [-0.2, 0) is 17.8 Å². The quantitative estimate of drug-likeness (QED) is 0.599. The second-order valence-electron chi connectivity index (χ2n) is 6.18. The van der Waals surface area contributed by atoms with Gasteiger partial charge in [-0.3, -0.25) is 4.79 Å². The van der Waals surface area contributed by atoms with Crippen molar-refractivity contribution in [2.75, 3.05) is 5.32 Å². The third-order valence-corrected chi connectivity index (χ3v) is 5.23. The number of rotatable bonds is 7. The SMILES string of the molecule is CCn1c(Cc2ccccc2)nnc1SC(C)C(=O)Nc1cc(F)ccc1F. The summed E-state index contributed by atoms with van der Waals surface area (Å²) in [4.78, 5) is 12.4. The van der Waals surface area contributed by atoms with Crippen LogP contribution in [0.4, 0.5) is 14.5 Å². The summed E-state index contributed by atoms with van der Waals surface area (Å²) in [6.45, 7) is 4.32. The smallest absolute Gasteiger partial charge is 0.237 e. The van der Waals surface area contributed by atoms with Gasteiger partial charge in [-0.05, 0) is 31.5 Å². The first-order chi connectivity index (χ1) is 13.5. The summed E-state index contributed by atoms with van der Waals surface area (Å²) in [5, 5.41) is 10.9. The molecule has 3 aromatic rings. The molecule has 0 radical (unpaired) electrons. The lowest BCUT2D eigenvalue weighted by Crippen LogP contribution is -2.23. The fraction of sp³-hybridized carbons (Fsp3) is 0.250. The van der Waals surface area contributed by atoms with Crippen molar-refractivity contribution in [3.63, 3.8) is 0 Å². The summed E-state index contributed by atoms with van der Waals surface area (Å²) >= 11 is 1.22. The lowest BCUT2D eigenvalue weighted by molar-refractivity contribution is -0.115. The molecule has 0 aliphatic rings. The molecular formula is C20H20F2N4OS. The Kier molecular flexibility index (Phi) is 6.41. The average molecular weight is 402 g/mol. The van der Waals surface area contributed by atoms with Crippen LogP contribution in [0.15, 0.2) is 53.7 Å². The van der Waals surface area contributed by atoms with E-state index in [-0.39, 0.29) is 5.69 Å². The molecule has 1 heterocycles. The van der Waals surface area contributed by atoms with Crippen molar-refractivity contribution in [2.24, 2.45) is 0 Å². The number of aromatic nitrogens is 3. The molecule has 0 saturated heterocycles. The molecule has 0 aliphatic heterocycles. The van der Waals surface area contributed by atoms with Crippen molar-refractivity contribution < 1.29 is 13.6 Å². The maximum Gasteiger partial charge on any atom is 0.237 e. The number of benzene rings is 2. The van der Waals surface area contributed by atoms with Gasteiger partial charge in [0.2, 0.25) is 5.91 Å². The average Bonchev–Trinajstić information content (AvgIpc) is 3.06. The second-order valence-corrected chi connectivity index (χ2v) is 7.49. The Morgan fingerprint density at radius 3 is 2.64 bits per heavy atom. The Morgan fingerprint density at radius 2 is 1.93 bits per heavy atom. The van der Waals surface area contributed by atoms with Gasteiger partial charge < -0.3 is 9.88 Å². The van der Waals surface area contributed by atoms with Crippen LogP contribution in [0.25, 0.3) is 0 Å². The Morgan fingerprint density at radius 1 is 1.18 bits per heavy atom. The summed E-state index contributed by atoms with van der Waals surface area (Å²) in [5.74, 6) is -0.938. The number of amides is 1. The highest BCUT2D eigenvalue weighted by Crippen LogP contribution is 2.25. The topological polar surface area (TPSA) is 59.8 Å². The van der Waals surface area contributed by atoms with Crippen LogP contribution in [0.5, 0.6) is 0 Å². The highest BCUT2D eigenvalue weighted by Gasteiger charge is 2.21. The normalized spacial score (nSPS) is 12.0. The van der Waals surface area contributed by atoms with Gasteiger partial charge in [0.15, 0.2) is 5.16 Å². The largest absolute Gasteiger partial charge is 0.323 e. The number of hydrogen-bond acceptors (Lipinski definition) is 4. The Bertz CT molecular complexity index is 962. The predicted molar refractivity (Wildman–Crippen MR) is 105 cm³/mol. The van der Waals surface area contributed by atoms with Gasteiger partial charge in [-0.15, -0.1) is 10.2 Å². The summed E-state index contributed by atoms with van der Waals surface area (Å²) < 4.78 is 29.0. The monoisotopic (exact) mass is 402 g/mol. The highest BCUT2D eigenvalue weighted by molar-refractivity contribution is 8.00. The first kappa shape index (κ1) is 20.0. The van der Waals surface area contributed by atoms with Crippen LogP contribution >= 0.6 is 11.8 Å². The van der Waals surface area contributed by atoms with Gasteiger partial charge in [-0.2, -0.15) is 0 Å². The molecule has 1 atom stereocenters. The number of nitrogens with one attached hydrogen (secondary N) is 1. The van der Waals surface area contributed by atoms with Crippen LogP contribution in [0.3, 0.4) is 0 Å². The molecule has 1 N–H and O–H groups in total. The van der Waals surface area contributed by atoms with Crippen LogP contribution in [0.1, 0.15) is 25.2 Å². The van der Waals surface area contributed by atoms with Crippen LogP contribution < -0.4 is 5.32 Å². The third-order valence-electron chi connectivity index (χ3n) is 4.15. The lowest BCUT2D eigenvalue weighted by atomic mass is 10.1. The maximum atomic E-state index is 13.7. The third kappa shape index (κ3) is 4.75. The van der Waals surface area contributed by atoms with Gasteiger partial charge in [0.25, 0.3) is 0 Å². The number of carbonyl (C=O) groups is 1. The lowest BCUT2D eigenvalue weighted by Gasteiger charge is -2.13. The van der Waals surface area contributed by atoms with Crippen molar-refractivity contribution in [3.05, 3.63) is 71.6 Å². The number of nitrogens with zero attached hydrogens (tertiary/aromatic N) is 3. The van der Waals surface area contributed by atoms with Gasteiger partial charge in [-0.1, -0.05) is 42.1 Å². The minimum atomic E-state index is -0.686. The molecule has 146 valence electrons. The minimum Gasteiger partial charge on any atom is -0.323 e. The fourth-order valence-electron chi connectivity index (χ4n) is 2.67. The second kappa shape index (κ2) is 8.97. The Labute approximate surface area is 166 Å². The zero-order chi connectivity index (χ0) is 20.1. The van der Waals surface area contributed by atoms with E-state index >= 15 is 0 Å². The van der Waals surface area contributed by atoms with Crippen LogP contribution in [-0.4, -0.2) is 25.9 Å². The summed E-state index contributed by atoms with van der Waals surface area (Å²) in [5.41, 5.74) is 0.938. The zero-order valence-corrected chi connectivity index (χ0v) is 16.3. The van der Waals surface area contributed by atoms with E-state index in [4.69, 9.17) is 0 Å². The molecule has 1 unspecified atom stereocenters. The van der Waals surface area contributed by atoms with Crippen molar-refractivity contribution in [1.29, 1.82) is 0 Å². The first-order valence-electron chi connectivity index (χ1n) is 8.86. The molecule has 1 aromatic heterocycles. The molecule has 3 rings (SSSR count). The molecule has 1 amide bonds. The summed E-state index contributed by atoms with van der Waals surface area (Å²) in [7, 11) is 0. The first-order valence-corrected chi connectivity index (χ1v) is 9.74. The van der Waals surface area contributed by atoms with Crippen molar-refractivity contribution in [2.45, 2.75) is 37.2 Å². The van der Waals surface area contributed by atoms with E-state index in [1.165, 1.54) is 11.8 Å². The molecule has 0 bridgehead atoms. The zero-order valence-electron chi connectivity index (χ0n) is 15.5. The Hall–Kier alpha value is -2.74. The molecule has 8 heteroatoms. The van der Waals surface area contributed by atoms with Gasteiger partial charge in [-0.25, -0.2) is 8.78 Å². The van der Waals surface area contributed by atoms with Crippen LogP contribution in [0, 0.1) is 11.6 Å². The van der Waals surface area contributed by atoms with Crippen molar-refractivity contribution in [1.82, 2.24) is 14.8 Å². The van der Waals surface area contributed by atoms with E-state index < -0.39 is 22.8 Å². The highest BCUT2D eigenvalue weighted by atomic mass is 32.2. The van der Waals surface area contributed by atoms with Crippen molar-refractivity contribution >= 4 is 23.4 Å². The predicted octanol–water partition coefficient (Wildman–Crippen LogP) is 4.29. The van der Waals surface area contributed by atoms with E-state index in [0.717, 1.165) is 29.6 Å². The standard InChI is InChI=1S/C20H20F2N4OS/c1-3-26-18(11-14-7-5-4-6-8-14)24-25-20(26)28-13(2)19(27)23-17-12-15(21)9-10-16(17)22/h4-10,12-13H,3,11H2,1-2H3,(H,23,27). The summed E-state index contributed by atoms with van der Waals surface area (Å²) in [6, 6.07) is 12.9. The van der Waals surface area contributed by atoms with E-state index in [0.29, 0.717) is 18.1 Å². The van der Waals surface area contributed by atoms with Crippen molar-refractivity contribution in [3.8, 4) is 0 Å². The molecular weight excluding hydrogens is 382 g/mol.